The Morgan fingerprint density at radius 2 is 1.95 bits per heavy atom. The molecule has 19 heavy (non-hydrogen) atoms. The lowest BCUT2D eigenvalue weighted by Gasteiger charge is -2.17. The van der Waals surface area contributed by atoms with Crippen molar-refractivity contribution in [2.45, 2.75) is 19.1 Å². The maximum atomic E-state index is 13.6. The standard InChI is InChI=1S/C11H12F3NO3.ClH/c1-2-18-11(17)8(14)9(15)7-5(12)3-4-6(13)10(7)16;/h3-4,8-9,16H,2,15H2,1H3;1H/t8?,9-;/m1./s1. The predicted molar refractivity (Wildman–Crippen MR) is 63.7 cm³/mol. The van der Waals surface area contributed by atoms with Gasteiger partial charge in [-0.15, -0.1) is 12.4 Å². The van der Waals surface area contributed by atoms with E-state index in [-0.39, 0.29) is 19.0 Å². The third-order valence-corrected chi connectivity index (χ3v) is 2.28. The number of phenols is 1. The van der Waals surface area contributed by atoms with Gasteiger partial charge >= 0.3 is 5.97 Å². The average molecular weight is 300 g/mol. The van der Waals surface area contributed by atoms with Crippen molar-refractivity contribution in [2.24, 2.45) is 5.73 Å². The summed E-state index contributed by atoms with van der Waals surface area (Å²) in [5.74, 6) is -4.67. The molecule has 0 aliphatic rings. The van der Waals surface area contributed by atoms with Crippen LogP contribution in [0.25, 0.3) is 0 Å². The smallest absolute Gasteiger partial charge is 0.342 e. The molecular formula is C11H13ClF3NO3. The van der Waals surface area contributed by atoms with E-state index in [1.54, 1.807) is 0 Å². The van der Waals surface area contributed by atoms with Crippen LogP contribution in [0.4, 0.5) is 13.2 Å². The molecule has 1 rings (SSSR count). The van der Waals surface area contributed by atoms with E-state index in [4.69, 9.17) is 5.73 Å². The first kappa shape index (κ1) is 17.5. The summed E-state index contributed by atoms with van der Waals surface area (Å²) in [6, 6.07) is -0.500. The zero-order valence-corrected chi connectivity index (χ0v) is 10.7. The first-order chi connectivity index (χ1) is 8.40. The van der Waals surface area contributed by atoms with Gasteiger partial charge in [-0.25, -0.2) is 18.0 Å². The number of nitrogens with two attached hydrogens (primary N) is 1. The number of alkyl halides is 1. The molecule has 0 aliphatic carbocycles. The second-order valence-corrected chi connectivity index (χ2v) is 3.47. The second kappa shape index (κ2) is 7.20. The number of rotatable bonds is 4. The summed E-state index contributed by atoms with van der Waals surface area (Å²) in [7, 11) is 0. The van der Waals surface area contributed by atoms with Crippen molar-refractivity contribution in [3.8, 4) is 5.75 Å². The summed E-state index contributed by atoms with van der Waals surface area (Å²) in [6.45, 7) is 1.37. The number of aromatic hydroxyl groups is 1. The van der Waals surface area contributed by atoms with Gasteiger partial charge in [-0.1, -0.05) is 0 Å². The zero-order chi connectivity index (χ0) is 13.9. The van der Waals surface area contributed by atoms with Gasteiger partial charge in [0.15, 0.2) is 11.6 Å². The summed E-state index contributed by atoms with van der Waals surface area (Å²) in [5, 5.41) is 9.30. The van der Waals surface area contributed by atoms with Crippen LogP contribution in [0.5, 0.6) is 5.75 Å². The minimum atomic E-state index is -2.40. The minimum Gasteiger partial charge on any atom is -0.505 e. The van der Waals surface area contributed by atoms with Crippen LogP contribution in [0.2, 0.25) is 0 Å². The lowest BCUT2D eigenvalue weighted by Crippen LogP contribution is -2.32. The Hall–Kier alpha value is -1.47. The molecule has 0 saturated heterocycles. The van der Waals surface area contributed by atoms with Crippen molar-refractivity contribution in [1.29, 1.82) is 0 Å². The van der Waals surface area contributed by atoms with Crippen LogP contribution < -0.4 is 5.73 Å². The highest BCUT2D eigenvalue weighted by Crippen LogP contribution is 2.31. The molecule has 0 aromatic heterocycles. The fourth-order valence-electron chi connectivity index (χ4n) is 1.39. The van der Waals surface area contributed by atoms with E-state index in [1.165, 1.54) is 6.92 Å². The van der Waals surface area contributed by atoms with Crippen molar-refractivity contribution in [3.63, 3.8) is 0 Å². The highest BCUT2D eigenvalue weighted by molar-refractivity contribution is 5.85. The Kier molecular flexibility index (Phi) is 6.64. The van der Waals surface area contributed by atoms with Crippen molar-refractivity contribution in [2.75, 3.05) is 6.61 Å². The van der Waals surface area contributed by atoms with Crippen molar-refractivity contribution in [1.82, 2.24) is 0 Å². The Bertz CT molecular complexity index is 459. The molecule has 0 amide bonds. The molecule has 0 heterocycles. The molecule has 1 unspecified atom stereocenters. The number of halogens is 4. The van der Waals surface area contributed by atoms with Gasteiger partial charge in [-0.05, 0) is 19.1 Å². The van der Waals surface area contributed by atoms with Crippen LogP contribution in [0.1, 0.15) is 18.5 Å². The van der Waals surface area contributed by atoms with Crippen molar-refractivity contribution in [3.05, 3.63) is 29.3 Å². The molecule has 1 aromatic rings. The van der Waals surface area contributed by atoms with Crippen LogP contribution in [0, 0.1) is 11.6 Å². The van der Waals surface area contributed by atoms with Crippen LogP contribution in [0.15, 0.2) is 12.1 Å². The maximum absolute atomic E-state index is 13.6. The normalized spacial score (nSPS) is 13.3. The fraction of sp³-hybridized carbons (Fsp3) is 0.364. The summed E-state index contributed by atoms with van der Waals surface area (Å²) < 4.78 is 44.3. The van der Waals surface area contributed by atoms with Crippen LogP contribution >= 0.6 is 12.4 Å². The number of carbonyl (C=O) groups is 1. The van der Waals surface area contributed by atoms with Gasteiger partial charge < -0.3 is 15.6 Å². The quantitative estimate of drug-likeness (QED) is 0.834. The number of ether oxygens (including phenoxy) is 1. The van der Waals surface area contributed by atoms with E-state index in [0.29, 0.717) is 12.1 Å². The molecule has 2 atom stereocenters. The molecule has 3 N–H and O–H groups in total. The largest absolute Gasteiger partial charge is 0.505 e. The van der Waals surface area contributed by atoms with Crippen molar-refractivity contribution < 1.29 is 27.8 Å². The van der Waals surface area contributed by atoms with Gasteiger partial charge in [0.2, 0.25) is 6.17 Å². The molecule has 0 spiro atoms. The molecule has 108 valence electrons. The summed E-state index contributed by atoms with van der Waals surface area (Å²) in [5.41, 5.74) is 4.50. The van der Waals surface area contributed by atoms with Gasteiger partial charge in [0.1, 0.15) is 5.82 Å². The third-order valence-electron chi connectivity index (χ3n) is 2.28. The van der Waals surface area contributed by atoms with Crippen LogP contribution in [-0.4, -0.2) is 23.9 Å². The molecule has 0 bridgehead atoms. The molecule has 0 radical (unpaired) electrons. The van der Waals surface area contributed by atoms with E-state index in [0.717, 1.165) is 0 Å². The minimum absolute atomic E-state index is 0. The Labute approximate surface area is 113 Å². The molecule has 8 heteroatoms. The number of hydrogen-bond acceptors (Lipinski definition) is 4. The van der Waals surface area contributed by atoms with E-state index in [1.807, 2.05) is 0 Å². The van der Waals surface area contributed by atoms with Gasteiger partial charge in [0.25, 0.3) is 0 Å². The first-order valence-corrected chi connectivity index (χ1v) is 5.13. The van der Waals surface area contributed by atoms with E-state index in [9.17, 15) is 23.1 Å². The summed E-state index contributed by atoms with van der Waals surface area (Å²) in [4.78, 5) is 11.1. The first-order valence-electron chi connectivity index (χ1n) is 5.13. The SMILES string of the molecule is CCOC(=O)C(F)[C@H](N)c1c(F)ccc(F)c1O.Cl. The molecule has 1 aromatic carbocycles. The average Bonchev–Trinajstić information content (AvgIpc) is 2.33. The zero-order valence-electron chi connectivity index (χ0n) is 9.90. The lowest BCUT2D eigenvalue weighted by molar-refractivity contribution is -0.150. The van der Waals surface area contributed by atoms with E-state index in [2.05, 4.69) is 4.74 Å². The monoisotopic (exact) mass is 299 g/mol. The molecule has 0 aliphatic heterocycles. The number of benzene rings is 1. The lowest BCUT2D eigenvalue weighted by atomic mass is 10.0. The number of carbonyl (C=O) groups excluding carboxylic acids is 1. The number of hydrogen-bond donors (Lipinski definition) is 2. The predicted octanol–water partition coefficient (Wildman–Crippen LogP) is 1.99. The Morgan fingerprint density at radius 1 is 1.42 bits per heavy atom. The van der Waals surface area contributed by atoms with Crippen LogP contribution in [-0.2, 0) is 9.53 Å². The topological polar surface area (TPSA) is 72.5 Å². The number of esters is 1. The van der Waals surface area contributed by atoms with Gasteiger partial charge in [-0.2, -0.15) is 0 Å². The summed E-state index contributed by atoms with van der Waals surface area (Å²) >= 11 is 0. The molecular weight excluding hydrogens is 287 g/mol. The van der Waals surface area contributed by atoms with Crippen molar-refractivity contribution >= 4 is 18.4 Å². The van der Waals surface area contributed by atoms with Gasteiger partial charge in [-0.3, -0.25) is 0 Å². The molecule has 0 fully saturated rings. The van der Waals surface area contributed by atoms with Crippen LogP contribution in [0.3, 0.4) is 0 Å². The molecule has 4 nitrogen and oxygen atoms in total. The maximum Gasteiger partial charge on any atom is 0.342 e. The summed E-state index contributed by atoms with van der Waals surface area (Å²) in [6.07, 6.45) is -2.40. The Morgan fingerprint density at radius 3 is 2.47 bits per heavy atom. The molecule has 0 saturated carbocycles. The third kappa shape index (κ3) is 3.74. The van der Waals surface area contributed by atoms with E-state index < -0.39 is 41.1 Å². The van der Waals surface area contributed by atoms with E-state index >= 15 is 0 Å². The second-order valence-electron chi connectivity index (χ2n) is 3.47. The highest BCUT2D eigenvalue weighted by Gasteiger charge is 2.32. The fourth-order valence-corrected chi connectivity index (χ4v) is 1.39. The number of phenolic OH excluding ortho intramolecular Hbond substituents is 1. The van der Waals surface area contributed by atoms with Gasteiger partial charge in [0.05, 0.1) is 18.2 Å². The van der Waals surface area contributed by atoms with Gasteiger partial charge in [0, 0.05) is 0 Å². The highest BCUT2D eigenvalue weighted by atomic mass is 35.5. The Balaban J connectivity index is 0.00000324.